The molecular formula is C21H24N4O2. The van der Waals surface area contributed by atoms with Crippen molar-refractivity contribution >= 4 is 5.91 Å². The van der Waals surface area contributed by atoms with E-state index in [2.05, 4.69) is 48.4 Å². The molecule has 3 heterocycles. The van der Waals surface area contributed by atoms with Gasteiger partial charge >= 0.3 is 0 Å². The van der Waals surface area contributed by atoms with E-state index >= 15 is 0 Å². The van der Waals surface area contributed by atoms with Crippen molar-refractivity contribution in [3.8, 4) is 11.3 Å². The van der Waals surface area contributed by atoms with Gasteiger partial charge in [-0.25, -0.2) is 0 Å². The second kappa shape index (κ2) is 6.37. The summed E-state index contributed by atoms with van der Waals surface area (Å²) in [5, 5.41) is 8.25. The van der Waals surface area contributed by atoms with Crippen molar-refractivity contribution in [1.82, 2.24) is 19.8 Å². The molecule has 0 bridgehead atoms. The molecule has 0 aliphatic carbocycles. The molecule has 6 heteroatoms. The molecule has 1 fully saturated rings. The highest BCUT2D eigenvalue weighted by molar-refractivity contribution is 5.93. The fourth-order valence-electron chi connectivity index (χ4n) is 3.94. The molecule has 1 saturated heterocycles. The molecule has 27 heavy (non-hydrogen) atoms. The molecule has 0 spiro atoms. The number of nitrogens with zero attached hydrogens (tertiary/aromatic N) is 4. The minimum absolute atomic E-state index is 0.00349. The van der Waals surface area contributed by atoms with E-state index in [1.54, 1.807) is 16.9 Å². The lowest BCUT2D eigenvalue weighted by Gasteiger charge is -2.25. The van der Waals surface area contributed by atoms with E-state index in [0.29, 0.717) is 30.5 Å². The van der Waals surface area contributed by atoms with Gasteiger partial charge in [-0.05, 0) is 17.9 Å². The summed E-state index contributed by atoms with van der Waals surface area (Å²) in [7, 11) is 1.87. The van der Waals surface area contributed by atoms with E-state index in [9.17, 15) is 4.79 Å². The molecule has 0 unspecified atom stereocenters. The molecule has 1 aromatic carbocycles. The molecule has 1 aliphatic rings. The van der Waals surface area contributed by atoms with Crippen molar-refractivity contribution < 1.29 is 9.32 Å². The normalized spacial score (nSPS) is 18.8. The summed E-state index contributed by atoms with van der Waals surface area (Å²) in [5.74, 6) is 0.787. The first-order valence-electron chi connectivity index (χ1n) is 9.17. The van der Waals surface area contributed by atoms with Gasteiger partial charge in [0.15, 0.2) is 11.5 Å². The number of carbonyl (C=O) groups excluding carboxylic acids is 1. The van der Waals surface area contributed by atoms with Crippen LogP contribution in [0.25, 0.3) is 11.3 Å². The Labute approximate surface area is 158 Å². The van der Waals surface area contributed by atoms with Gasteiger partial charge in [0.25, 0.3) is 5.91 Å². The van der Waals surface area contributed by atoms with Crippen molar-refractivity contribution in [2.45, 2.75) is 26.7 Å². The van der Waals surface area contributed by atoms with Crippen LogP contribution in [-0.4, -0.2) is 38.8 Å². The van der Waals surface area contributed by atoms with Gasteiger partial charge in [0.05, 0.1) is 11.8 Å². The van der Waals surface area contributed by atoms with Crippen LogP contribution in [0, 0.1) is 12.3 Å². The zero-order chi connectivity index (χ0) is 19.2. The number of carbonyl (C=O) groups is 1. The smallest absolute Gasteiger partial charge is 0.276 e. The topological polar surface area (TPSA) is 64.2 Å². The third-order valence-electron chi connectivity index (χ3n) is 5.66. The number of hydrogen-bond acceptors (Lipinski definition) is 4. The van der Waals surface area contributed by atoms with Gasteiger partial charge in [-0.3, -0.25) is 9.48 Å². The van der Waals surface area contributed by atoms with Gasteiger partial charge in [-0.15, -0.1) is 0 Å². The van der Waals surface area contributed by atoms with E-state index in [-0.39, 0.29) is 11.3 Å². The average Bonchev–Trinajstić information content (AvgIpc) is 3.34. The molecule has 6 nitrogen and oxygen atoms in total. The maximum absolute atomic E-state index is 13.0. The molecular weight excluding hydrogens is 340 g/mol. The van der Waals surface area contributed by atoms with Gasteiger partial charge in [-0.1, -0.05) is 49.3 Å². The third kappa shape index (κ3) is 3.05. The Morgan fingerprint density at radius 1 is 1.26 bits per heavy atom. The summed E-state index contributed by atoms with van der Waals surface area (Å²) in [6.45, 7) is 7.76. The van der Waals surface area contributed by atoms with Crippen LogP contribution in [-0.2, 0) is 7.05 Å². The Balaban J connectivity index is 1.56. The Morgan fingerprint density at radius 2 is 2.00 bits per heavy atom. The van der Waals surface area contributed by atoms with Crippen LogP contribution in [0.2, 0.25) is 0 Å². The Hall–Kier alpha value is -2.89. The molecule has 0 radical (unpaired) electrons. The second-order valence-corrected chi connectivity index (χ2v) is 7.98. The Bertz CT molecular complexity index is 971. The third-order valence-corrected chi connectivity index (χ3v) is 5.66. The molecule has 1 atom stereocenters. The minimum Gasteiger partial charge on any atom is -0.355 e. The minimum atomic E-state index is -0.0851. The summed E-state index contributed by atoms with van der Waals surface area (Å²) in [5.41, 5.74) is 3.44. The number of aromatic nitrogens is 3. The van der Waals surface area contributed by atoms with Crippen molar-refractivity contribution in [3.05, 3.63) is 59.5 Å². The van der Waals surface area contributed by atoms with Crippen molar-refractivity contribution in [2.24, 2.45) is 12.5 Å². The average molecular weight is 364 g/mol. The molecule has 1 aliphatic heterocycles. The summed E-state index contributed by atoms with van der Waals surface area (Å²) in [6, 6.07) is 12.1. The van der Waals surface area contributed by atoms with Crippen molar-refractivity contribution in [3.63, 3.8) is 0 Å². The van der Waals surface area contributed by atoms with Crippen LogP contribution in [0.15, 0.2) is 47.1 Å². The molecule has 0 N–H and O–H groups in total. The van der Waals surface area contributed by atoms with Crippen LogP contribution in [0.1, 0.15) is 41.5 Å². The van der Waals surface area contributed by atoms with E-state index < -0.39 is 0 Å². The molecule has 4 rings (SSSR count). The predicted octanol–water partition coefficient (Wildman–Crippen LogP) is 3.65. The first-order valence-corrected chi connectivity index (χ1v) is 9.17. The molecule has 2 aromatic heterocycles. The fraction of sp³-hybridized carbons (Fsp3) is 0.381. The quantitative estimate of drug-likeness (QED) is 0.712. The van der Waals surface area contributed by atoms with E-state index in [1.165, 1.54) is 5.56 Å². The van der Waals surface area contributed by atoms with Crippen LogP contribution >= 0.6 is 0 Å². The van der Waals surface area contributed by atoms with Gasteiger partial charge in [-0.2, -0.15) is 5.10 Å². The highest BCUT2D eigenvalue weighted by Gasteiger charge is 2.42. The molecule has 3 aromatic rings. The summed E-state index contributed by atoms with van der Waals surface area (Å²) < 4.78 is 7.21. The molecule has 0 saturated carbocycles. The lowest BCUT2D eigenvalue weighted by atomic mass is 9.78. The number of aryl methyl sites for hydroxylation is 1. The van der Waals surface area contributed by atoms with Gasteiger partial charge in [0.2, 0.25) is 0 Å². The van der Waals surface area contributed by atoms with Crippen molar-refractivity contribution in [2.75, 3.05) is 13.1 Å². The van der Waals surface area contributed by atoms with Crippen LogP contribution < -0.4 is 0 Å². The fourth-order valence-corrected chi connectivity index (χ4v) is 3.94. The summed E-state index contributed by atoms with van der Waals surface area (Å²) in [4.78, 5) is 14.9. The first kappa shape index (κ1) is 17.5. The number of amides is 1. The molecule has 140 valence electrons. The summed E-state index contributed by atoms with van der Waals surface area (Å²) in [6.07, 6.45) is 1.73. The lowest BCUT2D eigenvalue weighted by molar-refractivity contribution is 0.0767. The highest BCUT2D eigenvalue weighted by Crippen LogP contribution is 2.42. The number of hydrogen-bond donors (Lipinski definition) is 0. The van der Waals surface area contributed by atoms with Gasteiger partial charge < -0.3 is 9.42 Å². The zero-order valence-corrected chi connectivity index (χ0v) is 16.1. The Morgan fingerprint density at radius 3 is 2.67 bits per heavy atom. The monoisotopic (exact) mass is 364 g/mol. The van der Waals surface area contributed by atoms with Crippen LogP contribution in [0.5, 0.6) is 0 Å². The lowest BCUT2D eigenvalue weighted by Crippen LogP contribution is -2.30. The molecule has 1 amide bonds. The summed E-state index contributed by atoms with van der Waals surface area (Å²) >= 11 is 0. The number of rotatable bonds is 3. The maximum Gasteiger partial charge on any atom is 0.276 e. The Kier molecular flexibility index (Phi) is 4.13. The van der Waals surface area contributed by atoms with Crippen molar-refractivity contribution in [1.29, 1.82) is 0 Å². The zero-order valence-electron chi connectivity index (χ0n) is 16.1. The SMILES string of the molecule is Cc1c(-c2cc(C(=O)N3C[C@H](c4ccccc4)C(C)(C)C3)no2)cnn1C. The van der Waals surface area contributed by atoms with Crippen LogP contribution in [0.4, 0.5) is 0 Å². The standard InChI is InChI=1S/C21H24N4O2/c1-14-16(11-22-24(14)4)19-10-18(23-27-19)20(26)25-12-17(21(2,3)13-25)15-8-6-5-7-9-15/h5-11,17H,12-13H2,1-4H3/t17-/m1/s1. The van der Waals surface area contributed by atoms with E-state index in [4.69, 9.17) is 4.52 Å². The maximum atomic E-state index is 13.0. The van der Waals surface area contributed by atoms with Gasteiger partial charge in [0, 0.05) is 37.8 Å². The van der Waals surface area contributed by atoms with E-state index in [0.717, 1.165) is 11.3 Å². The van der Waals surface area contributed by atoms with E-state index in [1.807, 2.05) is 24.9 Å². The number of benzene rings is 1. The first-order chi connectivity index (χ1) is 12.9. The van der Waals surface area contributed by atoms with Gasteiger partial charge in [0.1, 0.15) is 0 Å². The number of likely N-dealkylation sites (tertiary alicyclic amines) is 1. The largest absolute Gasteiger partial charge is 0.355 e. The second-order valence-electron chi connectivity index (χ2n) is 7.98. The highest BCUT2D eigenvalue weighted by atomic mass is 16.5. The van der Waals surface area contributed by atoms with Crippen LogP contribution in [0.3, 0.4) is 0 Å². The predicted molar refractivity (Wildman–Crippen MR) is 102 cm³/mol.